The Morgan fingerprint density at radius 3 is 2.65 bits per heavy atom. The molecule has 2 N–H and O–H groups in total. The molecule has 1 aliphatic heterocycles. The van der Waals surface area contributed by atoms with Crippen molar-refractivity contribution in [2.24, 2.45) is 5.92 Å². The zero-order chi connectivity index (χ0) is 14.8. The molecular formula is C17H27NO2. The normalized spacial score (nSPS) is 19.9. The first-order valence-corrected chi connectivity index (χ1v) is 7.53. The summed E-state index contributed by atoms with van der Waals surface area (Å²) in [5.41, 5.74) is 2.29. The van der Waals surface area contributed by atoms with Crippen LogP contribution in [0.5, 0.6) is 11.5 Å². The van der Waals surface area contributed by atoms with Gasteiger partial charge in [-0.15, -0.1) is 0 Å². The first kappa shape index (κ1) is 15.2. The van der Waals surface area contributed by atoms with Crippen LogP contribution >= 0.6 is 0 Å². The smallest absolute Gasteiger partial charge is 0.161 e. The summed E-state index contributed by atoms with van der Waals surface area (Å²) in [7, 11) is 1.62. The Morgan fingerprint density at radius 1 is 1.35 bits per heavy atom. The van der Waals surface area contributed by atoms with Gasteiger partial charge in [-0.25, -0.2) is 0 Å². The minimum Gasteiger partial charge on any atom is -0.504 e. The third kappa shape index (κ3) is 3.45. The molecule has 0 bridgehead atoms. The maximum absolute atomic E-state index is 10.4. The molecule has 1 unspecified atom stereocenters. The summed E-state index contributed by atoms with van der Waals surface area (Å²) in [5.74, 6) is 1.51. The Labute approximate surface area is 122 Å². The molecule has 3 heteroatoms. The van der Waals surface area contributed by atoms with Crippen LogP contribution in [0.1, 0.15) is 44.7 Å². The van der Waals surface area contributed by atoms with E-state index in [0.29, 0.717) is 17.4 Å². The molecule has 0 amide bonds. The lowest BCUT2D eigenvalue weighted by Crippen LogP contribution is -2.30. The van der Waals surface area contributed by atoms with Crippen molar-refractivity contribution in [3.05, 3.63) is 23.3 Å². The van der Waals surface area contributed by atoms with Crippen LogP contribution in [0.4, 0.5) is 0 Å². The van der Waals surface area contributed by atoms with Crippen molar-refractivity contribution in [1.29, 1.82) is 0 Å². The third-order valence-corrected chi connectivity index (χ3v) is 4.15. The van der Waals surface area contributed by atoms with Crippen LogP contribution < -0.4 is 10.1 Å². The van der Waals surface area contributed by atoms with Crippen LogP contribution in [0.15, 0.2) is 12.1 Å². The first-order chi connectivity index (χ1) is 9.41. The number of phenols is 1. The van der Waals surface area contributed by atoms with Gasteiger partial charge in [0.05, 0.1) is 7.11 Å². The fourth-order valence-electron chi connectivity index (χ4n) is 2.82. The van der Waals surface area contributed by atoms with Crippen molar-refractivity contribution in [1.82, 2.24) is 5.32 Å². The van der Waals surface area contributed by atoms with Gasteiger partial charge in [-0.2, -0.15) is 0 Å². The molecule has 1 heterocycles. The summed E-state index contributed by atoms with van der Waals surface area (Å²) >= 11 is 0. The number of rotatable bonds is 3. The van der Waals surface area contributed by atoms with Crippen LogP contribution in [0.2, 0.25) is 0 Å². The highest BCUT2D eigenvalue weighted by molar-refractivity contribution is 5.50. The minimum absolute atomic E-state index is 0.0561. The van der Waals surface area contributed by atoms with Gasteiger partial charge in [0.2, 0.25) is 0 Å². The van der Waals surface area contributed by atoms with E-state index in [0.717, 1.165) is 25.1 Å². The molecule has 0 aromatic heterocycles. The molecule has 20 heavy (non-hydrogen) atoms. The van der Waals surface area contributed by atoms with E-state index in [2.05, 4.69) is 32.2 Å². The lowest BCUT2D eigenvalue weighted by atomic mass is 9.83. The van der Waals surface area contributed by atoms with Gasteiger partial charge in [-0.3, -0.25) is 0 Å². The number of piperidine rings is 1. The molecule has 1 fully saturated rings. The molecule has 1 aromatic carbocycles. The number of aromatic hydroxyl groups is 1. The molecule has 1 saturated heterocycles. The summed E-state index contributed by atoms with van der Waals surface area (Å²) in [4.78, 5) is 0. The van der Waals surface area contributed by atoms with Crippen molar-refractivity contribution in [2.45, 2.75) is 45.4 Å². The molecule has 2 rings (SSSR count). The SMILES string of the molecule is COc1cc(C(C)(C)C)cc(CC2CCCNC2)c1O. The summed E-state index contributed by atoms with van der Waals surface area (Å²) in [5, 5.41) is 13.8. The van der Waals surface area contributed by atoms with Crippen LogP contribution in [0.3, 0.4) is 0 Å². The molecule has 0 saturated carbocycles. The quantitative estimate of drug-likeness (QED) is 0.891. The van der Waals surface area contributed by atoms with E-state index < -0.39 is 0 Å². The summed E-state index contributed by atoms with van der Waals surface area (Å²) in [6.07, 6.45) is 3.37. The monoisotopic (exact) mass is 277 g/mol. The minimum atomic E-state index is 0.0561. The van der Waals surface area contributed by atoms with Gasteiger partial charge in [0.15, 0.2) is 11.5 Å². The summed E-state index contributed by atoms with van der Waals surface area (Å²) in [6, 6.07) is 4.10. The van der Waals surface area contributed by atoms with E-state index in [1.54, 1.807) is 7.11 Å². The third-order valence-electron chi connectivity index (χ3n) is 4.15. The highest BCUT2D eigenvalue weighted by Crippen LogP contribution is 2.37. The second-order valence-electron chi connectivity index (χ2n) is 6.85. The number of methoxy groups -OCH3 is 1. The van der Waals surface area contributed by atoms with Crippen LogP contribution in [0.25, 0.3) is 0 Å². The molecule has 112 valence electrons. The highest BCUT2D eigenvalue weighted by Gasteiger charge is 2.21. The molecule has 0 aliphatic carbocycles. The van der Waals surface area contributed by atoms with E-state index in [4.69, 9.17) is 4.74 Å². The Bertz CT molecular complexity index is 457. The largest absolute Gasteiger partial charge is 0.504 e. The molecule has 3 nitrogen and oxygen atoms in total. The lowest BCUT2D eigenvalue weighted by Gasteiger charge is -2.25. The lowest BCUT2D eigenvalue weighted by molar-refractivity contribution is 0.352. The predicted molar refractivity (Wildman–Crippen MR) is 82.7 cm³/mol. The van der Waals surface area contributed by atoms with E-state index in [-0.39, 0.29) is 5.41 Å². The molecule has 1 atom stereocenters. The Kier molecular flexibility index (Phi) is 4.59. The highest BCUT2D eigenvalue weighted by atomic mass is 16.5. The molecule has 1 aromatic rings. The molecular weight excluding hydrogens is 250 g/mol. The van der Waals surface area contributed by atoms with Gasteiger partial charge in [-0.1, -0.05) is 26.8 Å². The molecule has 0 radical (unpaired) electrons. The van der Waals surface area contributed by atoms with Crippen molar-refractivity contribution >= 4 is 0 Å². The van der Waals surface area contributed by atoms with Gasteiger partial charge < -0.3 is 15.2 Å². The number of phenolic OH excluding ortho intramolecular Hbond substituents is 1. The number of hydrogen-bond donors (Lipinski definition) is 2. The van der Waals surface area contributed by atoms with Gasteiger partial charge in [-0.05, 0) is 60.9 Å². The Morgan fingerprint density at radius 2 is 2.10 bits per heavy atom. The topological polar surface area (TPSA) is 41.5 Å². The van der Waals surface area contributed by atoms with E-state index in [1.165, 1.54) is 18.4 Å². The maximum atomic E-state index is 10.4. The number of ether oxygens (including phenoxy) is 1. The van der Waals surface area contributed by atoms with E-state index >= 15 is 0 Å². The number of benzene rings is 1. The standard InChI is InChI=1S/C17H27NO2/c1-17(2,3)14-9-13(16(19)15(10-14)20-4)8-12-6-5-7-18-11-12/h9-10,12,18-19H,5-8,11H2,1-4H3. The summed E-state index contributed by atoms with van der Waals surface area (Å²) < 4.78 is 5.35. The zero-order valence-corrected chi connectivity index (χ0v) is 13.1. The maximum Gasteiger partial charge on any atom is 0.161 e. The average Bonchev–Trinajstić information content (AvgIpc) is 2.41. The van der Waals surface area contributed by atoms with Crippen molar-refractivity contribution in [2.75, 3.05) is 20.2 Å². The van der Waals surface area contributed by atoms with Gasteiger partial charge in [0.1, 0.15) is 0 Å². The van der Waals surface area contributed by atoms with Crippen molar-refractivity contribution in [3.8, 4) is 11.5 Å². The van der Waals surface area contributed by atoms with E-state index in [1.807, 2.05) is 6.07 Å². The second-order valence-corrected chi connectivity index (χ2v) is 6.85. The van der Waals surface area contributed by atoms with Crippen molar-refractivity contribution in [3.63, 3.8) is 0 Å². The van der Waals surface area contributed by atoms with Gasteiger partial charge in [0, 0.05) is 0 Å². The average molecular weight is 277 g/mol. The Balaban J connectivity index is 2.30. The van der Waals surface area contributed by atoms with Crippen LogP contribution in [-0.4, -0.2) is 25.3 Å². The second kappa shape index (κ2) is 6.04. The first-order valence-electron chi connectivity index (χ1n) is 7.53. The number of hydrogen-bond acceptors (Lipinski definition) is 3. The Hall–Kier alpha value is -1.22. The van der Waals surface area contributed by atoms with Gasteiger partial charge >= 0.3 is 0 Å². The molecule has 0 spiro atoms. The fraction of sp³-hybridized carbons (Fsp3) is 0.647. The van der Waals surface area contributed by atoms with Crippen molar-refractivity contribution < 1.29 is 9.84 Å². The zero-order valence-electron chi connectivity index (χ0n) is 13.1. The molecule has 1 aliphatic rings. The fourth-order valence-corrected chi connectivity index (χ4v) is 2.82. The van der Waals surface area contributed by atoms with Crippen LogP contribution in [-0.2, 0) is 11.8 Å². The van der Waals surface area contributed by atoms with Crippen LogP contribution in [0, 0.1) is 5.92 Å². The predicted octanol–water partition coefficient (Wildman–Crippen LogP) is 3.24. The number of nitrogens with one attached hydrogen (secondary N) is 1. The van der Waals surface area contributed by atoms with E-state index in [9.17, 15) is 5.11 Å². The summed E-state index contributed by atoms with van der Waals surface area (Å²) in [6.45, 7) is 8.72. The van der Waals surface area contributed by atoms with Gasteiger partial charge in [0.25, 0.3) is 0 Å².